The van der Waals surface area contributed by atoms with Crippen molar-refractivity contribution in [2.45, 2.75) is 72.3 Å². The normalized spacial score (nSPS) is 13.9. The van der Waals surface area contributed by atoms with Gasteiger partial charge in [-0.25, -0.2) is 0 Å². The summed E-state index contributed by atoms with van der Waals surface area (Å²) in [5.74, 6) is 3.20. The molecule has 0 aliphatic carbocycles. The zero-order valence-corrected chi connectivity index (χ0v) is 21.0. The van der Waals surface area contributed by atoms with Crippen molar-refractivity contribution >= 4 is 29.9 Å². The van der Waals surface area contributed by atoms with Crippen LogP contribution < -0.4 is 10.6 Å². The SMILES string of the molecule is CCNC(=NCCCc1nnc2n1CCCCC2)NCCc1cc(C)cc(C)c1.I. The van der Waals surface area contributed by atoms with E-state index in [1.807, 2.05) is 0 Å². The Morgan fingerprint density at radius 1 is 1.03 bits per heavy atom. The Hall–Kier alpha value is -1.64. The van der Waals surface area contributed by atoms with Crippen LogP contribution in [0.2, 0.25) is 0 Å². The van der Waals surface area contributed by atoms with Gasteiger partial charge >= 0.3 is 0 Å². The van der Waals surface area contributed by atoms with Crippen LogP contribution in [0.1, 0.15) is 60.9 Å². The van der Waals surface area contributed by atoms with Gasteiger partial charge in [-0.2, -0.15) is 0 Å². The first-order valence-corrected chi connectivity index (χ1v) is 11.2. The fourth-order valence-corrected chi connectivity index (χ4v) is 4.04. The van der Waals surface area contributed by atoms with Crippen molar-refractivity contribution in [3.63, 3.8) is 0 Å². The molecule has 0 saturated carbocycles. The monoisotopic (exact) mass is 524 g/mol. The first-order chi connectivity index (χ1) is 14.2. The molecule has 2 aromatic rings. The maximum Gasteiger partial charge on any atom is 0.191 e. The standard InChI is InChI=1S/C23H36N6.HI/c1-4-24-23(26-13-11-20-16-18(2)15-19(3)17-20)25-12-8-10-22-28-27-21-9-6-5-7-14-29(21)22;/h15-17H,4-14H2,1-3H3,(H2,24,25,26);1H. The van der Waals surface area contributed by atoms with Crippen molar-refractivity contribution < 1.29 is 0 Å². The summed E-state index contributed by atoms with van der Waals surface area (Å²) >= 11 is 0. The maximum absolute atomic E-state index is 4.75. The van der Waals surface area contributed by atoms with Gasteiger partial charge in [0.1, 0.15) is 11.6 Å². The van der Waals surface area contributed by atoms with Crippen LogP contribution in [0.25, 0.3) is 0 Å². The highest BCUT2D eigenvalue weighted by atomic mass is 127. The molecule has 1 aromatic carbocycles. The van der Waals surface area contributed by atoms with Gasteiger partial charge in [0.25, 0.3) is 0 Å². The lowest BCUT2D eigenvalue weighted by Crippen LogP contribution is -2.38. The highest BCUT2D eigenvalue weighted by molar-refractivity contribution is 14.0. The Balaban J connectivity index is 0.00000320. The third-order valence-electron chi connectivity index (χ3n) is 5.35. The van der Waals surface area contributed by atoms with Gasteiger partial charge in [0.15, 0.2) is 5.96 Å². The van der Waals surface area contributed by atoms with Crippen molar-refractivity contribution in [2.24, 2.45) is 4.99 Å². The molecule has 0 radical (unpaired) electrons. The van der Waals surface area contributed by atoms with E-state index in [2.05, 4.69) is 64.4 Å². The number of guanidine groups is 1. The molecule has 0 spiro atoms. The largest absolute Gasteiger partial charge is 0.357 e. The first-order valence-electron chi connectivity index (χ1n) is 11.2. The minimum atomic E-state index is 0. The second-order valence-electron chi connectivity index (χ2n) is 8.03. The summed E-state index contributed by atoms with van der Waals surface area (Å²) in [7, 11) is 0. The van der Waals surface area contributed by atoms with Gasteiger partial charge in [0.05, 0.1) is 0 Å². The number of fused-ring (bicyclic) bond motifs is 1. The molecule has 7 heteroatoms. The molecule has 1 aliphatic rings. The number of benzene rings is 1. The summed E-state index contributed by atoms with van der Waals surface area (Å²) in [6.45, 7) is 10.0. The molecule has 2 N–H and O–H groups in total. The number of aryl methyl sites for hydroxylation is 4. The third-order valence-corrected chi connectivity index (χ3v) is 5.35. The van der Waals surface area contributed by atoms with Crippen molar-refractivity contribution in [1.29, 1.82) is 0 Å². The molecule has 166 valence electrons. The minimum Gasteiger partial charge on any atom is -0.357 e. The molecule has 6 nitrogen and oxygen atoms in total. The second kappa shape index (κ2) is 12.9. The summed E-state index contributed by atoms with van der Waals surface area (Å²) in [5.41, 5.74) is 4.03. The van der Waals surface area contributed by atoms with Crippen molar-refractivity contribution in [3.8, 4) is 0 Å². The number of aliphatic imine (C=N–C) groups is 1. The molecule has 0 fully saturated rings. The number of halogens is 1. The summed E-state index contributed by atoms with van der Waals surface area (Å²) in [5, 5.41) is 15.6. The van der Waals surface area contributed by atoms with Gasteiger partial charge in [-0.1, -0.05) is 35.7 Å². The maximum atomic E-state index is 4.75. The van der Waals surface area contributed by atoms with Crippen LogP contribution in [0.5, 0.6) is 0 Å². The zero-order chi connectivity index (χ0) is 20.5. The predicted molar refractivity (Wildman–Crippen MR) is 135 cm³/mol. The molecule has 0 amide bonds. The van der Waals surface area contributed by atoms with E-state index >= 15 is 0 Å². The smallest absolute Gasteiger partial charge is 0.191 e. The van der Waals surface area contributed by atoms with Crippen LogP contribution >= 0.6 is 24.0 Å². The first kappa shape index (κ1) is 24.6. The van der Waals surface area contributed by atoms with Gasteiger partial charge in [-0.15, -0.1) is 34.2 Å². The van der Waals surface area contributed by atoms with E-state index in [4.69, 9.17) is 4.99 Å². The van der Waals surface area contributed by atoms with Crippen molar-refractivity contribution in [2.75, 3.05) is 19.6 Å². The summed E-state index contributed by atoms with van der Waals surface area (Å²) < 4.78 is 2.34. The Bertz CT molecular complexity index is 794. The molecule has 0 atom stereocenters. The van der Waals surface area contributed by atoms with E-state index in [0.717, 1.165) is 63.6 Å². The van der Waals surface area contributed by atoms with Crippen LogP contribution in [-0.4, -0.2) is 40.4 Å². The summed E-state index contributed by atoms with van der Waals surface area (Å²) in [6.07, 6.45) is 7.78. The lowest BCUT2D eigenvalue weighted by molar-refractivity contribution is 0.597. The van der Waals surface area contributed by atoms with E-state index in [9.17, 15) is 0 Å². The van der Waals surface area contributed by atoms with Crippen LogP contribution in [0.15, 0.2) is 23.2 Å². The number of rotatable bonds is 8. The van der Waals surface area contributed by atoms with Crippen molar-refractivity contribution in [1.82, 2.24) is 25.4 Å². The second-order valence-corrected chi connectivity index (χ2v) is 8.03. The molecule has 1 aliphatic heterocycles. The number of hydrogen-bond donors (Lipinski definition) is 2. The van der Waals surface area contributed by atoms with E-state index in [1.54, 1.807) is 0 Å². The van der Waals surface area contributed by atoms with Crippen LogP contribution in [0, 0.1) is 13.8 Å². The zero-order valence-electron chi connectivity index (χ0n) is 18.7. The lowest BCUT2D eigenvalue weighted by atomic mass is 10.1. The summed E-state index contributed by atoms with van der Waals surface area (Å²) in [6, 6.07) is 6.75. The number of aromatic nitrogens is 3. The number of nitrogens with zero attached hydrogens (tertiary/aromatic N) is 4. The minimum absolute atomic E-state index is 0. The Kier molecular flexibility index (Phi) is 10.6. The molecule has 0 saturated heterocycles. The molecular formula is C23H37IN6. The van der Waals surface area contributed by atoms with Crippen LogP contribution in [-0.2, 0) is 25.8 Å². The fourth-order valence-electron chi connectivity index (χ4n) is 4.04. The molecular weight excluding hydrogens is 487 g/mol. The van der Waals surface area contributed by atoms with Crippen molar-refractivity contribution in [3.05, 3.63) is 46.5 Å². The Labute approximate surface area is 198 Å². The molecule has 1 aromatic heterocycles. The molecule has 0 unspecified atom stereocenters. The summed E-state index contributed by atoms with van der Waals surface area (Å²) in [4.78, 5) is 4.75. The lowest BCUT2D eigenvalue weighted by Gasteiger charge is -2.12. The van der Waals surface area contributed by atoms with Gasteiger partial charge < -0.3 is 15.2 Å². The van der Waals surface area contributed by atoms with Gasteiger partial charge in [0.2, 0.25) is 0 Å². The molecule has 30 heavy (non-hydrogen) atoms. The Morgan fingerprint density at radius 3 is 2.60 bits per heavy atom. The third kappa shape index (κ3) is 7.56. The number of hydrogen-bond acceptors (Lipinski definition) is 3. The van der Waals surface area contributed by atoms with E-state index in [-0.39, 0.29) is 24.0 Å². The molecule has 0 bridgehead atoms. The molecule has 3 rings (SSSR count). The van der Waals surface area contributed by atoms with E-state index < -0.39 is 0 Å². The Morgan fingerprint density at radius 2 is 1.83 bits per heavy atom. The van der Waals surface area contributed by atoms with Crippen LogP contribution in [0.3, 0.4) is 0 Å². The quantitative estimate of drug-likeness (QED) is 0.238. The predicted octanol–water partition coefficient (Wildman–Crippen LogP) is 3.97. The average molecular weight is 524 g/mol. The highest BCUT2D eigenvalue weighted by Crippen LogP contribution is 2.15. The average Bonchev–Trinajstić information content (AvgIpc) is 2.91. The van der Waals surface area contributed by atoms with Crippen LogP contribution in [0.4, 0.5) is 0 Å². The van der Waals surface area contributed by atoms with Gasteiger partial charge in [0, 0.05) is 39.0 Å². The van der Waals surface area contributed by atoms with Gasteiger partial charge in [-0.3, -0.25) is 4.99 Å². The fraction of sp³-hybridized carbons (Fsp3) is 0.609. The van der Waals surface area contributed by atoms with E-state index in [0.29, 0.717) is 0 Å². The number of nitrogens with one attached hydrogen (secondary N) is 2. The highest BCUT2D eigenvalue weighted by Gasteiger charge is 2.14. The molecule has 2 heterocycles. The topological polar surface area (TPSA) is 67.1 Å². The van der Waals surface area contributed by atoms with E-state index in [1.165, 1.54) is 41.8 Å². The van der Waals surface area contributed by atoms with Gasteiger partial charge in [-0.05, 0) is 52.0 Å².